The molecule has 20 radical (unpaired) electrons. The summed E-state index contributed by atoms with van der Waals surface area (Å²) in [4.78, 5) is 14.9. The summed E-state index contributed by atoms with van der Waals surface area (Å²) in [6, 6.07) is 27.2. The molecule has 9 aromatic rings. The van der Waals surface area contributed by atoms with Crippen LogP contribution in [0.3, 0.4) is 0 Å². The zero-order valence-corrected chi connectivity index (χ0v) is 28.6. The fourth-order valence-electron chi connectivity index (χ4n) is 7.17. The van der Waals surface area contributed by atoms with Crippen molar-refractivity contribution in [3.05, 3.63) is 84.9 Å². The van der Waals surface area contributed by atoms with Gasteiger partial charge in [0.2, 0.25) is 5.95 Å². The van der Waals surface area contributed by atoms with Crippen molar-refractivity contribution in [3.63, 3.8) is 0 Å². The smallest absolute Gasteiger partial charge is 0.238 e. The highest BCUT2D eigenvalue weighted by Crippen LogP contribution is 2.35. The molecule has 0 aliphatic carbocycles. The van der Waals surface area contributed by atoms with Gasteiger partial charge >= 0.3 is 0 Å². The highest BCUT2D eigenvalue weighted by Gasteiger charge is 2.22. The molecule has 9 rings (SSSR count). The summed E-state index contributed by atoms with van der Waals surface area (Å²) in [6.07, 6.45) is 0. The van der Waals surface area contributed by atoms with E-state index in [1.807, 2.05) is 77.4 Å². The Kier molecular flexibility index (Phi) is 8.00. The summed E-state index contributed by atoms with van der Waals surface area (Å²) < 4.78 is 8.21. The topological polar surface area (TPSA) is 56.7 Å². The fraction of sp³-hybridized carbons (Fsp3) is 0. The van der Waals surface area contributed by atoms with Crippen molar-refractivity contribution in [1.29, 1.82) is 0 Å². The lowest BCUT2D eigenvalue weighted by molar-refractivity contribution is 0.669. The lowest BCUT2D eigenvalue weighted by Gasteiger charge is -2.21. The molecule has 0 amide bonds. The third-order valence-electron chi connectivity index (χ3n) is 10.0. The van der Waals surface area contributed by atoms with Crippen LogP contribution in [0.4, 0.5) is 0 Å². The lowest BCUT2D eigenvalue weighted by atomic mass is 9.59. The van der Waals surface area contributed by atoms with Crippen LogP contribution >= 0.6 is 0 Å². The van der Waals surface area contributed by atoms with E-state index in [1.165, 1.54) is 0 Å². The Bertz CT molecular complexity index is 2970. The number of hydrogen-bond donors (Lipinski definition) is 0. The molecule has 0 atom stereocenters. The van der Waals surface area contributed by atoms with Gasteiger partial charge in [-0.1, -0.05) is 64.3 Å². The second-order valence-electron chi connectivity index (χ2n) is 13.1. The number of benzene rings is 6. The first kappa shape index (κ1) is 34.4. The first-order valence-electron chi connectivity index (χ1n) is 16.7. The number of para-hydroxylation sites is 2. The Balaban J connectivity index is 1.31. The number of fused-ring (bicyclic) bond motifs is 6. The number of nitrogens with zero attached hydrogens (tertiary/aromatic N) is 4. The van der Waals surface area contributed by atoms with Crippen LogP contribution in [0.15, 0.2) is 89.3 Å². The maximum Gasteiger partial charge on any atom is 0.238 e. The van der Waals surface area contributed by atoms with E-state index in [-0.39, 0.29) is 66.0 Å². The van der Waals surface area contributed by atoms with E-state index < -0.39 is 0 Å². The maximum atomic E-state index is 6.56. The van der Waals surface area contributed by atoms with Crippen LogP contribution in [0.5, 0.6) is 0 Å². The molecule has 0 aliphatic heterocycles. The first-order valence-corrected chi connectivity index (χ1v) is 16.7. The number of hydrogen-bond acceptors (Lipinski definition) is 4. The van der Waals surface area contributed by atoms with Crippen LogP contribution in [0.25, 0.3) is 83.6 Å². The minimum absolute atomic E-state index is 0.0741. The van der Waals surface area contributed by atoms with Gasteiger partial charge in [-0.25, -0.2) is 4.98 Å². The highest BCUT2D eigenvalue weighted by atomic mass is 16.3. The van der Waals surface area contributed by atoms with E-state index in [0.29, 0.717) is 39.6 Å². The van der Waals surface area contributed by atoms with Gasteiger partial charge in [-0.3, -0.25) is 4.57 Å². The van der Waals surface area contributed by atoms with Crippen LogP contribution in [0.1, 0.15) is 0 Å². The molecule has 0 saturated heterocycles. The molecule has 3 aromatic heterocycles. The van der Waals surface area contributed by atoms with Crippen molar-refractivity contribution in [3.8, 4) is 39.9 Å². The largest absolute Gasteiger partial charge is 0.456 e. The highest BCUT2D eigenvalue weighted by molar-refractivity contribution is 6.69. The number of furan rings is 1. The van der Waals surface area contributed by atoms with Crippen LogP contribution in [0, 0.1) is 0 Å². The second kappa shape index (κ2) is 12.6. The minimum atomic E-state index is 0.0741. The fourth-order valence-corrected chi connectivity index (χ4v) is 7.17. The molecule has 5 nitrogen and oxygen atoms in total. The Labute approximate surface area is 324 Å². The van der Waals surface area contributed by atoms with Crippen LogP contribution in [-0.2, 0) is 0 Å². The Morgan fingerprint density at radius 2 is 0.815 bits per heavy atom. The minimum Gasteiger partial charge on any atom is -0.456 e. The van der Waals surface area contributed by atoms with Crippen molar-refractivity contribution in [2.75, 3.05) is 0 Å². The molecule has 3 heterocycles. The molecule has 0 saturated carbocycles. The van der Waals surface area contributed by atoms with E-state index in [1.54, 1.807) is 0 Å². The monoisotopic (exact) mass is 664 g/mol. The molecule has 6 aromatic carbocycles. The molecule has 0 fully saturated rings. The molecule has 0 spiro atoms. The van der Waals surface area contributed by atoms with E-state index in [0.717, 1.165) is 32.6 Å². The molecule has 0 aliphatic rings. The molecule has 0 bridgehead atoms. The molecule has 15 heteroatoms. The summed E-state index contributed by atoms with van der Waals surface area (Å²) in [5, 5.41) is 3.56. The van der Waals surface area contributed by atoms with Gasteiger partial charge in [-0.15, -0.1) is 32.8 Å². The van der Waals surface area contributed by atoms with Crippen molar-refractivity contribution in [1.82, 2.24) is 19.5 Å². The van der Waals surface area contributed by atoms with Crippen molar-refractivity contribution >= 4 is 177 Å². The predicted octanol–water partition coefficient (Wildman–Crippen LogP) is -2.19. The quantitative estimate of drug-likeness (QED) is 0.201. The summed E-state index contributed by atoms with van der Waals surface area (Å²) >= 11 is 0. The van der Waals surface area contributed by atoms with E-state index >= 15 is 0 Å². The standard InChI is InChI=1S/C39H14B10N4O/c40-27-25(28(41)32(45)35(48)31(27)44)15-9-11-23-19(13-15)20-14-16(10-12-24(20)54-23)37-50-38(26-29(42)33(46)36(49)34(47)30(26)43)52-39(51-37)53-21-7-3-1-5-17(21)18-6-2-4-8-22(18)53/h1-14H. The number of aromatic nitrogens is 4. The van der Waals surface area contributed by atoms with Crippen LogP contribution in [-0.4, -0.2) is 98.0 Å². The van der Waals surface area contributed by atoms with Gasteiger partial charge in [0, 0.05) is 32.7 Å². The third-order valence-corrected chi connectivity index (χ3v) is 10.0. The zero-order valence-electron chi connectivity index (χ0n) is 28.6. The SMILES string of the molecule is [B]c1c([B])c([B])c(-c2ccc3oc4ccc(-c5nc(-c6c([B])c([B])c([B])c([B])c6[B])nc(-n6c7ccccc7c7ccccc76)n5)cc4c3c2)c([B])c1[B]. The van der Waals surface area contributed by atoms with Gasteiger partial charge in [0.05, 0.1) is 11.0 Å². The Morgan fingerprint density at radius 1 is 0.389 bits per heavy atom. The van der Waals surface area contributed by atoms with Gasteiger partial charge in [-0.05, 0) is 53.6 Å². The van der Waals surface area contributed by atoms with E-state index in [2.05, 4.69) is 12.1 Å². The summed E-state index contributed by atoms with van der Waals surface area (Å²) in [5.74, 6) is 0.767. The van der Waals surface area contributed by atoms with Gasteiger partial charge in [0.1, 0.15) is 89.6 Å². The first-order chi connectivity index (χ1) is 25.9. The maximum absolute atomic E-state index is 6.56. The molecule has 0 N–H and O–H groups in total. The lowest BCUT2D eigenvalue weighted by Crippen LogP contribution is -2.55. The van der Waals surface area contributed by atoms with Gasteiger partial charge in [0.15, 0.2) is 11.6 Å². The van der Waals surface area contributed by atoms with Crippen LogP contribution in [0.2, 0.25) is 0 Å². The summed E-state index contributed by atoms with van der Waals surface area (Å²) in [6.45, 7) is 0. The van der Waals surface area contributed by atoms with E-state index in [4.69, 9.17) is 97.8 Å². The summed E-state index contributed by atoms with van der Waals surface area (Å²) in [7, 11) is 63.2. The van der Waals surface area contributed by atoms with Gasteiger partial charge in [0.25, 0.3) is 0 Å². The Morgan fingerprint density at radius 3 is 1.35 bits per heavy atom. The number of rotatable bonds is 4. The molecule has 0 unspecified atom stereocenters. The molecular weight excluding hydrogens is 649 g/mol. The van der Waals surface area contributed by atoms with Gasteiger partial charge in [-0.2, -0.15) is 9.97 Å². The molecular formula is C39H14B10N4O. The van der Waals surface area contributed by atoms with E-state index in [9.17, 15) is 0 Å². The Hall–Kier alpha value is -5.42. The molecule has 54 heavy (non-hydrogen) atoms. The van der Waals surface area contributed by atoms with Crippen molar-refractivity contribution in [2.24, 2.45) is 0 Å². The predicted molar refractivity (Wildman–Crippen MR) is 232 cm³/mol. The summed E-state index contributed by atoms with van der Waals surface area (Å²) in [5.41, 5.74) is 6.34. The molecule has 226 valence electrons. The normalized spacial score (nSPS) is 11.7. The zero-order chi connectivity index (χ0) is 37.7. The average Bonchev–Trinajstić information content (AvgIpc) is 3.73. The van der Waals surface area contributed by atoms with Crippen LogP contribution < -0.4 is 54.6 Å². The second-order valence-corrected chi connectivity index (χ2v) is 13.1. The average molecular weight is 663 g/mol. The van der Waals surface area contributed by atoms with Crippen molar-refractivity contribution < 1.29 is 4.42 Å². The van der Waals surface area contributed by atoms with Crippen molar-refractivity contribution in [2.45, 2.75) is 0 Å². The third kappa shape index (κ3) is 5.04. The van der Waals surface area contributed by atoms with Gasteiger partial charge < -0.3 is 4.42 Å².